The Kier molecular flexibility index (Phi) is 8.12. The minimum Gasteiger partial charge on any atom is -0.464 e. The molecule has 3 heterocycles. The van der Waals surface area contributed by atoms with Gasteiger partial charge in [0.15, 0.2) is 0 Å². The molecule has 38 heavy (non-hydrogen) atoms. The Morgan fingerprint density at radius 3 is 2.50 bits per heavy atom. The van der Waals surface area contributed by atoms with E-state index in [9.17, 15) is 4.79 Å². The molecule has 5 rings (SSSR count). The molecule has 2 aliphatic rings. The molecular formula is C32H32ClN3O2. The van der Waals surface area contributed by atoms with Crippen LogP contribution < -0.4 is 4.90 Å². The Balaban J connectivity index is 1.37. The average molecular weight is 526 g/mol. The number of nitrogens with zero attached hydrogens (tertiary/aromatic N) is 3. The topological polar surface area (TPSA) is 45.7 Å². The van der Waals surface area contributed by atoms with Gasteiger partial charge in [0.05, 0.1) is 6.61 Å². The molecule has 0 bridgehead atoms. The number of fused-ring (bicyclic) bond motifs is 1. The van der Waals surface area contributed by atoms with Crippen LogP contribution in [-0.4, -0.2) is 54.7 Å². The van der Waals surface area contributed by atoms with Crippen molar-refractivity contribution in [2.45, 2.75) is 32.7 Å². The van der Waals surface area contributed by atoms with Gasteiger partial charge < -0.3 is 14.5 Å². The first-order valence-electron chi connectivity index (χ1n) is 13.2. The number of pyridine rings is 1. The van der Waals surface area contributed by atoms with Gasteiger partial charge in [-0.1, -0.05) is 35.7 Å². The molecule has 0 amide bonds. The predicted octanol–water partition coefficient (Wildman–Crippen LogP) is 6.05. The fourth-order valence-electron chi connectivity index (χ4n) is 5.10. The van der Waals surface area contributed by atoms with Gasteiger partial charge in [-0.2, -0.15) is 0 Å². The molecule has 0 N–H and O–H groups in total. The van der Waals surface area contributed by atoms with E-state index in [0.29, 0.717) is 17.3 Å². The largest absolute Gasteiger partial charge is 0.464 e. The van der Waals surface area contributed by atoms with Crippen molar-refractivity contribution in [2.24, 2.45) is 0 Å². The average Bonchev–Trinajstić information content (AvgIpc) is 3.46. The number of hydrogen-bond acceptors (Lipinski definition) is 5. The summed E-state index contributed by atoms with van der Waals surface area (Å²) in [5.74, 6) is 6.26. The molecule has 0 radical (unpaired) electrons. The first kappa shape index (κ1) is 26.0. The maximum absolute atomic E-state index is 12.9. The van der Waals surface area contributed by atoms with Gasteiger partial charge in [-0.25, -0.2) is 9.78 Å². The van der Waals surface area contributed by atoms with Crippen molar-refractivity contribution in [3.8, 4) is 23.0 Å². The van der Waals surface area contributed by atoms with Crippen LogP contribution in [0.1, 0.15) is 43.5 Å². The number of allylic oxidation sites excluding steroid dienone is 1. The van der Waals surface area contributed by atoms with E-state index in [4.69, 9.17) is 16.3 Å². The number of anilines is 1. The van der Waals surface area contributed by atoms with E-state index < -0.39 is 6.04 Å². The number of halogens is 1. The molecule has 6 heteroatoms. The molecule has 2 aromatic carbocycles. The lowest BCUT2D eigenvalue weighted by Crippen LogP contribution is -2.46. The Hall–Kier alpha value is -3.59. The van der Waals surface area contributed by atoms with Crippen molar-refractivity contribution in [3.63, 3.8) is 0 Å². The van der Waals surface area contributed by atoms with Gasteiger partial charge in [0.2, 0.25) is 0 Å². The molecule has 1 atom stereocenters. The third-order valence-corrected chi connectivity index (χ3v) is 7.39. The highest BCUT2D eigenvalue weighted by Crippen LogP contribution is 2.35. The summed E-state index contributed by atoms with van der Waals surface area (Å²) >= 11 is 6.00. The van der Waals surface area contributed by atoms with Crippen molar-refractivity contribution >= 4 is 28.8 Å². The number of likely N-dealkylation sites (tertiary alicyclic amines) is 1. The quantitative estimate of drug-likeness (QED) is 0.289. The van der Waals surface area contributed by atoms with Gasteiger partial charge >= 0.3 is 5.97 Å². The maximum Gasteiger partial charge on any atom is 0.332 e. The predicted molar refractivity (Wildman–Crippen MR) is 154 cm³/mol. The number of hydrogen-bond donors (Lipinski definition) is 0. The summed E-state index contributed by atoms with van der Waals surface area (Å²) < 4.78 is 5.43. The molecular weight excluding hydrogens is 494 g/mol. The molecule has 0 saturated carbocycles. The number of benzene rings is 2. The van der Waals surface area contributed by atoms with Crippen molar-refractivity contribution < 1.29 is 9.53 Å². The third-order valence-electron chi connectivity index (χ3n) is 7.13. The molecule has 1 saturated heterocycles. The first-order valence-corrected chi connectivity index (χ1v) is 13.6. The van der Waals surface area contributed by atoms with Crippen LogP contribution in [0.15, 0.2) is 66.9 Å². The lowest BCUT2D eigenvalue weighted by Gasteiger charge is -2.37. The molecule has 1 unspecified atom stereocenters. The van der Waals surface area contributed by atoms with Crippen LogP contribution in [0.3, 0.4) is 0 Å². The second kappa shape index (κ2) is 11.9. The maximum atomic E-state index is 12.9. The fourth-order valence-corrected chi connectivity index (χ4v) is 5.23. The monoisotopic (exact) mass is 525 g/mol. The molecule has 194 valence electrons. The normalized spacial score (nSPS) is 16.9. The van der Waals surface area contributed by atoms with E-state index in [0.717, 1.165) is 59.7 Å². The van der Waals surface area contributed by atoms with E-state index in [1.807, 2.05) is 61.7 Å². The Bertz CT molecular complexity index is 1380. The molecule has 2 aliphatic heterocycles. The highest BCUT2D eigenvalue weighted by atomic mass is 35.5. The number of esters is 1. The third kappa shape index (κ3) is 5.93. The second-order valence-electron chi connectivity index (χ2n) is 9.71. The fraction of sp³-hybridized carbons (Fsp3) is 0.312. The Morgan fingerprint density at radius 1 is 1.03 bits per heavy atom. The summed E-state index contributed by atoms with van der Waals surface area (Å²) in [4.78, 5) is 22.0. The van der Waals surface area contributed by atoms with Crippen LogP contribution in [0.4, 0.5) is 5.69 Å². The van der Waals surface area contributed by atoms with Crippen LogP contribution in [-0.2, 0) is 9.53 Å². The SMILES string of the molecule is CCOC(=O)C1C=C(C)c2cc(C#Cc3ccc(-c4ccc(Cl)cc4)cn3)ccc2N1CCN1CCCC1. The lowest BCUT2D eigenvalue weighted by atomic mass is 9.94. The van der Waals surface area contributed by atoms with Gasteiger partial charge in [0, 0.05) is 46.7 Å². The van der Waals surface area contributed by atoms with Crippen LogP contribution in [0.2, 0.25) is 5.02 Å². The molecule has 3 aromatic rings. The number of carbonyl (C=O) groups excluding carboxylic acids is 1. The molecule has 5 nitrogen and oxygen atoms in total. The zero-order valence-electron chi connectivity index (χ0n) is 21.9. The van der Waals surface area contributed by atoms with E-state index in [1.165, 1.54) is 12.8 Å². The van der Waals surface area contributed by atoms with Crippen LogP contribution in [0.25, 0.3) is 16.7 Å². The van der Waals surface area contributed by atoms with Gasteiger partial charge in [-0.15, -0.1) is 0 Å². The van der Waals surface area contributed by atoms with E-state index in [2.05, 4.69) is 45.7 Å². The number of aromatic nitrogens is 1. The van der Waals surface area contributed by atoms with E-state index in [-0.39, 0.29) is 5.97 Å². The second-order valence-corrected chi connectivity index (χ2v) is 10.1. The number of carbonyl (C=O) groups is 1. The summed E-state index contributed by atoms with van der Waals surface area (Å²) in [6.07, 6.45) is 6.36. The molecule has 1 aromatic heterocycles. The summed E-state index contributed by atoms with van der Waals surface area (Å²) in [6.45, 7) is 8.24. The smallest absolute Gasteiger partial charge is 0.332 e. The van der Waals surface area contributed by atoms with Crippen molar-refractivity contribution in [3.05, 3.63) is 88.7 Å². The van der Waals surface area contributed by atoms with Crippen LogP contribution in [0.5, 0.6) is 0 Å². The van der Waals surface area contributed by atoms with E-state index >= 15 is 0 Å². The number of ether oxygens (including phenoxy) is 1. The highest BCUT2D eigenvalue weighted by Gasteiger charge is 2.31. The van der Waals surface area contributed by atoms with Crippen LogP contribution >= 0.6 is 11.6 Å². The first-order chi connectivity index (χ1) is 18.5. The van der Waals surface area contributed by atoms with Crippen molar-refractivity contribution in [1.29, 1.82) is 0 Å². The summed E-state index contributed by atoms with van der Waals surface area (Å²) in [5, 5.41) is 0.713. The molecule has 0 spiro atoms. The van der Waals surface area contributed by atoms with Gasteiger partial charge in [-0.05, 0) is 99.3 Å². The minimum atomic E-state index is -0.412. The Labute approximate surface area is 230 Å². The van der Waals surface area contributed by atoms with Crippen molar-refractivity contribution in [1.82, 2.24) is 9.88 Å². The van der Waals surface area contributed by atoms with Crippen molar-refractivity contribution in [2.75, 3.05) is 37.7 Å². The zero-order valence-corrected chi connectivity index (χ0v) is 22.7. The number of rotatable bonds is 6. The van der Waals surface area contributed by atoms with Gasteiger partial charge in [0.1, 0.15) is 11.7 Å². The van der Waals surface area contributed by atoms with Gasteiger partial charge in [-0.3, -0.25) is 0 Å². The highest BCUT2D eigenvalue weighted by molar-refractivity contribution is 6.30. The van der Waals surface area contributed by atoms with Crippen LogP contribution in [0, 0.1) is 11.8 Å². The van der Waals surface area contributed by atoms with Gasteiger partial charge in [0.25, 0.3) is 0 Å². The Morgan fingerprint density at radius 2 is 1.79 bits per heavy atom. The molecule has 1 fully saturated rings. The zero-order chi connectivity index (χ0) is 26.5. The summed E-state index contributed by atoms with van der Waals surface area (Å²) in [5.41, 5.74) is 6.92. The van der Waals surface area contributed by atoms with E-state index in [1.54, 1.807) is 0 Å². The molecule has 0 aliphatic carbocycles. The summed E-state index contributed by atoms with van der Waals surface area (Å²) in [6, 6.07) is 17.5. The lowest BCUT2D eigenvalue weighted by molar-refractivity contribution is -0.143. The summed E-state index contributed by atoms with van der Waals surface area (Å²) in [7, 11) is 0. The minimum absolute atomic E-state index is 0.198. The standard InChI is InChI=1S/C32H32ClN3O2/c1-3-38-32(37)31-20-23(2)29-21-24(7-15-30(29)36(31)19-18-35-16-4-5-17-35)6-13-28-14-10-26(22-34-28)25-8-11-27(33)12-9-25/h7-12,14-15,20-22,31H,3-5,16-19H2,1-2H3.